The third-order valence-electron chi connectivity index (χ3n) is 5.85. The van der Waals surface area contributed by atoms with Gasteiger partial charge in [-0.05, 0) is 44.1 Å². The number of aromatic nitrogens is 2. The van der Waals surface area contributed by atoms with Crippen LogP contribution >= 0.6 is 0 Å². The maximum Gasteiger partial charge on any atom is 0.145 e. The molecule has 0 bridgehead atoms. The van der Waals surface area contributed by atoms with E-state index in [1.165, 1.54) is 29.7 Å². The highest BCUT2D eigenvalue weighted by molar-refractivity contribution is 5.38. The third-order valence-corrected chi connectivity index (χ3v) is 5.85. The average Bonchev–Trinajstić information content (AvgIpc) is 2.73. The first-order chi connectivity index (χ1) is 13.7. The number of hydrogen-bond acceptors (Lipinski definition) is 6. The van der Waals surface area contributed by atoms with E-state index in [1.54, 1.807) is 14.2 Å². The molecule has 0 radical (unpaired) electrons. The minimum Gasteiger partial charge on any atom is -0.497 e. The Kier molecular flexibility index (Phi) is 5.78. The summed E-state index contributed by atoms with van der Waals surface area (Å²) in [5.74, 6) is 2.65. The predicted molar refractivity (Wildman–Crippen MR) is 109 cm³/mol. The zero-order valence-electron chi connectivity index (χ0n) is 17.1. The Morgan fingerprint density at radius 3 is 2.61 bits per heavy atom. The topological polar surface area (TPSA) is 50.7 Å². The van der Waals surface area contributed by atoms with Gasteiger partial charge in [-0.15, -0.1) is 0 Å². The SMILES string of the molecule is COc1cc(CN2CCCCC2c2ncc3c(n2)CCN(C)C3)cc(OC)c1. The average molecular weight is 383 g/mol. The zero-order valence-corrected chi connectivity index (χ0v) is 17.1. The standard InChI is InChI=1S/C22H30N4O2/c1-25-9-7-20-17(15-25)13-23-22(24-20)21-6-4-5-8-26(21)14-16-10-18(27-2)12-19(11-16)28-3/h10-13,21H,4-9,14-15H2,1-3H3. The third kappa shape index (κ3) is 4.13. The van der Waals surface area contributed by atoms with Crippen LogP contribution in [0.5, 0.6) is 11.5 Å². The van der Waals surface area contributed by atoms with Crippen LogP contribution in [0.1, 0.15) is 47.9 Å². The molecule has 0 spiro atoms. The number of piperidine rings is 1. The Labute approximate surface area is 167 Å². The van der Waals surface area contributed by atoms with Gasteiger partial charge in [-0.1, -0.05) is 6.42 Å². The summed E-state index contributed by atoms with van der Waals surface area (Å²) >= 11 is 0. The van der Waals surface area contributed by atoms with Crippen LogP contribution in [-0.2, 0) is 19.5 Å². The van der Waals surface area contributed by atoms with Crippen molar-refractivity contribution in [2.45, 2.75) is 44.8 Å². The molecule has 6 heteroatoms. The second-order valence-electron chi connectivity index (χ2n) is 7.89. The largest absolute Gasteiger partial charge is 0.497 e. The fourth-order valence-corrected chi connectivity index (χ4v) is 4.30. The molecule has 2 aliphatic heterocycles. The van der Waals surface area contributed by atoms with E-state index in [-0.39, 0.29) is 6.04 Å². The van der Waals surface area contributed by atoms with Crippen molar-refractivity contribution in [2.75, 3.05) is 34.4 Å². The van der Waals surface area contributed by atoms with Crippen molar-refractivity contribution in [3.8, 4) is 11.5 Å². The number of hydrogen-bond donors (Lipinski definition) is 0. The number of nitrogens with zero attached hydrogens (tertiary/aromatic N) is 4. The summed E-state index contributed by atoms with van der Waals surface area (Å²) in [6, 6.07) is 6.38. The van der Waals surface area contributed by atoms with Crippen molar-refractivity contribution < 1.29 is 9.47 Å². The number of likely N-dealkylation sites (tertiary alicyclic amines) is 1. The van der Waals surface area contributed by atoms with Gasteiger partial charge < -0.3 is 14.4 Å². The highest BCUT2D eigenvalue weighted by Crippen LogP contribution is 2.32. The number of benzene rings is 1. The summed E-state index contributed by atoms with van der Waals surface area (Å²) in [5, 5.41) is 0. The lowest BCUT2D eigenvalue weighted by atomic mass is 9.99. The molecule has 6 nitrogen and oxygen atoms in total. The van der Waals surface area contributed by atoms with Crippen molar-refractivity contribution in [2.24, 2.45) is 0 Å². The summed E-state index contributed by atoms with van der Waals surface area (Å²) in [6.07, 6.45) is 6.62. The molecule has 2 aliphatic rings. The van der Waals surface area contributed by atoms with Gasteiger partial charge >= 0.3 is 0 Å². The number of methoxy groups -OCH3 is 2. The zero-order chi connectivity index (χ0) is 19.5. The normalized spacial score (nSPS) is 20.6. The van der Waals surface area contributed by atoms with Crippen LogP contribution in [0.15, 0.2) is 24.4 Å². The van der Waals surface area contributed by atoms with Crippen LogP contribution in [0.2, 0.25) is 0 Å². The maximum absolute atomic E-state index is 5.44. The minimum absolute atomic E-state index is 0.274. The molecule has 1 aromatic carbocycles. The summed E-state index contributed by atoms with van der Waals surface area (Å²) in [6.45, 7) is 3.93. The number of ether oxygens (including phenoxy) is 2. The van der Waals surface area contributed by atoms with E-state index in [1.807, 2.05) is 6.07 Å². The summed E-state index contributed by atoms with van der Waals surface area (Å²) < 4.78 is 10.9. The van der Waals surface area contributed by atoms with E-state index in [2.05, 4.69) is 35.2 Å². The van der Waals surface area contributed by atoms with Crippen LogP contribution in [0.4, 0.5) is 0 Å². The van der Waals surface area contributed by atoms with Gasteiger partial charge in [0, 0.05) is 49.6 Å². The Hall–Kier alpha value is -2.18. The number of fused-ring (bicyclic) bond motifs is 1. The monoisotopic (exact) mass is 382 g/mol. The van der Waals surface area contributed by atoms with Gasteiger partial charge in [-0.2, -0.15) is 0 Å². The van der Waals surface area contributed by atoms with E-state index in [0.29, 0.717) is 0 Å². The van der Waals surface area contributed by atoms with Gasteiger partial charge in [0.05, 0.1) is 20.3 Å². The van der Waals surface area contributed by atoms with Crippen LogP contribution < -0.4 is 9.47 Å². The minimum atomic E-state index is 0.274. The van der Waals surface area contributed by atoms with Gasteiger partial charge in [0.2, 0.25) is 0 Å². The molecule has 4 rings (SSSR count). The molecule has 1 unspecified atom stereocenters. The molecule has 150 valence electrons. The van der Waals surface area contributed by atoms with E-state index in [0.717, 1.165) is 56.3 Å². The number of likely N-dealkylation sites (N-methyl/N-ethyl adjacent to an activating group) is 1. The van der Waals surface area contributed by atoms with E-state index in [9.17, 15) is 0 Å². The molecule has 0 N–H and O–H groups in total. The molecule has 1 aromatic heterocycles. The molecule has 1 fully saturated rings. The van der Waals surface area contributed by atoms with Gasteiger partial charge in [0.25, 0.3) is 0 Å². The smallest absolute Gasteiger partial charge is 0.145 e. The molecule has 1 saturated heterocycles. The van der Waals surface area contributed by atoms with Gasteiger partial charge in [0.1, 0.15) is 17.3 Å². The second kappa shape index (κ2) is 8.45. The van der Waals surface area contributed by atoms with Crippen LogP contribution in [0, 0.1) is 0 Å². The molecule has 0 aliphatic carbocycles. The van der Waals surface area contributed by atoms with Crippen molar-refractivity contribution >= 4 is 0 Å². The predicted octanol–water partition coefficient (Wildman–Crippen LogP) is 3.21. The van der Waals surface area contributed by atoms with Gasteiger partial charge in [-0.3, -0.25) is 4.90 Å². The Balaban J connectivity index is 1.57. The quantitative estimate of drug-likeness (QED) is 0.792. The molecule has 0 saturated carbocycles. The highest BCUT2D eigenvalue weighted by Gasteiger charge is 2.28. The van der Waals surface area contributed by atoms with Crippen LogP contribution in [0.3, 0.4) is 0 Å². The van der Waals surface area contributed by atoms with Gasteiger partial charge in [-0.25, -0.2) is 9.97 Å². The summed E-state index contributed by atoms with van der Waals surface area (Å²) in [7, 11) is 5.55. The van der Waals surface area contributed by atoms with E-state index < -0.39 is 0 Å². The molecule has 3 heterocycles. The van der Waals surface area contributed by atoms with Crippen molar-refractivity contribution in [1.29, 1.82) is 0 Å². The first-order valence-electron chi connectivity index (χ1n) is 10.2. The molecule has 1 atom stereocenters. The maximum atomic E-state index is 5.44. The van der Waals surface area contributed by atoms with E-state index in [4.69, 9.17) is 19.4 Å². The highest BCUT2D eigenvalue weighted by atomic mass is 16.5. The first-order valence-corrected chi connectivity index (χ1v) is 10.2. The van der Waals surface area contributed by atoms with E-state index >= 15 is 0 Å². The summed E-state index contributed by atoms with van der Waals surface area (Å²) in [5.41, 5.74) is 3.71. The molecular formula is C22H30N4O2. The van der Waals surface area contributed by atoms with Gasteiger partial charge in [0.15, 0.2) is 0 Å². The molecule has 2 aromatic rings. The van der Waals surface area contributed by atoms with Crippen molar-refractivity contribution in [3.05, 3.63) is 47.0 Å². The Morgan fingerprint density at radius 1 is 1.07 bits per heavy atom. The fraction of sp³-hybridized carbons (Fsp3) is 0.545. The molecule has 0 amide bonds. The fourth-order valence-electron chi connectivity index (χ4n) is 4.30. The lowest BCUT2D eigenvalue weighted by Crippen LogP contribution is -2.35. The van der Waals surface area contributed by atoms with Crippen LogP contribution in [-0.4, -0.2) is 54.1 Å². The van der Waals surface area contributed by atoms with Crippen molar-refractivity contribution in [1.82, 2.24) is 19.8 Å². The molecular weight excluding hydrogens is 352 g/mol. The first kappa shape index (κ1) is 19.2. The second-order valence-corrected chi connectivity index (χ2v) is 7.89. The lowest BCUT2D eigenvalue weighted by molar-refractivity contribution is 0.133. The Morgan fingerprint density at radius 2 is 1.86 bits per heavy atom. The summed E-state index contributed by atoms with van der Waals surface area (Å²) in [4.78, 5) is 14.6. The Bertz CT molecular complexity index is 804. The lowest BCUT2D eigenvalue weighted by Gasteiger charge is -2.35. The van der Waals surface area contributed by atoms with Crippen molar-refractivity contribution in [3.63, 3.8) is 0 Å². The number of rotatable bonds is 5. The van der Waals surface area contributed by atoms with Crippen LogP contribution in [0.25, 0.3) is 0 Å². The molecule has 28 heavy (non-hydrogen) atoms.